The lowest BCUT2D eigenvalue weighted by Gasteiger charge is -2.38. The number of likely N-dealkylation sites (tertiary alicyclic amines) is 1. The third-order valence-corrected chi connectivity index (χ3v) is 16.0. The minimum Gasteiger partial charge on any atom is -0.481 e. The number of hydrogen-bond donors (Lipinski definition) is 8. The summed E-state index contributed by atoms with van der Waals surface area (Å²) in [5, 5.41) is 28.1. The number of nitrogens with one attached hydrogen (secondary N) is 6. The fourth-order valence-electron chi connectivity index (χ4n) is 9.67. The van der Waals surface area contributed by atoms with Crippen molar-refractivity contribution in [2.45, 2.75) is 182 Å². The number of aliphatic carboxylic acids is 1. The highest BCUT2D eigenvalue weighted by atomic mass is 32.1. The molecule has 1 fully saturated rings. The maximum Gasteiger partial charge on any atom is 0.407 e. The molecule has 0 unspecified atom stereocenters. The normalized spacial score (nSPS) is 18.0. The molecule has 2 aromatic rings. The second kappa shape index (κ2) is 31.6. The Morgan fingerprint density at radius 1 is 0.885 bits per heavy atom. The number of likely N-dealkylation sites (N-methyl/N-ethyl adjacent to an activating group) is 1. The van der Waals surface area contributed by atoms with Gasteiger partial charge in [0.05, 0.1) is 11.5 Å². The Bertz CT molecular complexity index is 2350. The van der Waals surface area contributed by atoms with Crippen molar-refractivity contribution >= 4 is 70.3 Å². The van der Waals surface area contributed by atoms with E-state index < -0.39 is 95.3 Å². The monoisotopic (exact) mass is 1110 g/mol. The first kappa shape index (κ1) is 66.3. The van der Waals surface area contributed by atoms with Crippen LogP contribution in [-0.2, 0) is 44.7 Å². The van der Waals surface area contributed by atoms with Gasteiger partial charge >= 0.3 is 12.1 Å². The number of amides is 7. The topological polar surface area (TPSA) is 301 Å². The van der Waals surface area contributed by atoms with E-state index in [9.17, 15) is 48.3 Å². The van der Waals surface area contributed by atoms with E-state index in [2.05, 4.69) is 41.8 Å². The maximum atomic E-state index is 14.5. The van der Waals surface area contributed by atoms with E-state index in [1.54, 1.807) is 63.9 Å². The number of thiazole rings is 1. The van der Waals surface area contributed by atoms with Crippen LogP contribution in [0.1, 0.15) is 161 Å². The summed E-state index contributed by atoms with van der Waals surface area (Å²) in [4.78, 5) is 128. The summed E-state index contributed by atoms with van der Waals surface area (Å²) >= 11 is 1.11. The van der Waals surface area contributed by atoms with Gasteiger partial charge in [-0.3, -0.25) is 43.3 Å². The van der Waals surface area contributed by atoms with Crippen LogP contribution >= 0.6 is 11.3 Å². The van der Waals surface area contributed by atoms with Gasteiger partial charge < -0.3 is 52.4 Å². The molecule has 0 bridgehead atoms. The van der Waals surface area contributed by atoms with Crippen molar-refractivity contribution in [2.24, 2.45) is 35.3 Å². The molecule has 1 aliphatic rings. The lowest BCUT2D eigenvalue weighted by molar-refractivity contribution is -0.143. The summed E-state index contributed by atoms with van der Waals surface area (Å²) in [5.74, 6) is -5.75. The van der Waals surface area contributed by atoms with Gasteiger partial charge in [-0.05, 0) is 121 Å². The molecule has 1 aromatic carbocycles. The third kappa shape index (κ3) is 19.7. The van der Waals surface area contributed by atoms with Crippen LogP contribution in [0.25, 0.3) is 0 Å². The molecule has 10 atom stereocenters. The molecular formula is C56H90N10O11S. The van der Waals surface area contributed by atoms with Gasteiger partial charge in [0, 0.05) is 62.4 Å². The van der Waals surface area contributed by atoms with Crippen LogP contribution in [0.5, 0.6) is 0 Å². The van der Waals surface area contributed by atoms with Gasteiger partial charge in [-0.25, -0.2) is 9.78 Å². The number of rotatable bonds is 32. The molecule has 0 spiro atoms. The Kier molecular flexibility index (Phi) is 26.8. The number of carbonyl (C=O) groups excluding carboxylic acids is 8. The van der Waals surface area contributed by atoms with Gasteiger partial charge in [-0.1, -0.05) is 67.0 Å². The van der Waals surface area contributed by atoms with Gasteiger partial charge in [0.2, 0.25) is 29.5 Å². The van der Waals surface area contributed by atoms with E-state index in [0.717, 1.165) is 30.7 Å². The van der Waals surface area contributed by atoms with E-state index in [-0.39, 0.29) is 67.4 Å². The zero-order chi connectivity index (χ0) is 58.6. The van der Waals surface area contributed by atoms with Gasteiger partial charge in [0.25, 0.3) is 5.91 Å². The standard InChI is InChI=1S/C56H90N10O11S/c1-14-34(7)41(29-46(68)56(11)24-18-26-65(56)12)53(73)66(13)44(32(3)4)30-45(77-55(76)58-15-2)52-63-43(31-78-52)50(71)62-40(27-35(8)54(74)75)28-38-20-22-39(23-21-38)61-48(69)36(9)59-51(72)47(33(5)6)64-49(70)42(60-37(10)67)19-16-17-25-57/h20-23,31-36,40-42,44-45,47H,14-19,24-30,57H2,1-13H3,(H,58,76)(H,59,72)(H,60,67)(H,61,69)(H,62,71)(H,64,70)(H,74,75)/t34-,35-,36-,40+,41-,42-,44+,45+,47-,56+/m0/s1. The Labute approximate surface area is 465 Å². The van der Waals surface area contributed by atoms with Crippen molar-refractivity contribution in [3.8, 4) is 0 Å². The SMILES string of the molecule is CCNC(=O)O[C@H](C[C@H](C(C)C)N(C)C(=O)[C@@H](CC(=O)[C@@]1(C)CCCN1C)[C@@H](C)CC)c1nc(C(=O)N[C@@H](Cc2ccc(NC(=O)[C@H](C)NC(=O)[C@@H](NC(=O)[C@H](CCCCN)NC(C)=O)C(C)C)cc2)C[C@H](C)C(=O)O)cs1. The second-order valence-corrected chi connectivity index (χ2v) is 22.8. The first-order valence-electron chi connectivity index (χ1n) is 27.6. The predicted octanol–water partition coefficient (Wildman–Crippen LogP) is 5.58. The number of aromatic nitrogens is 1. The van der Waals surface area contributed by atoms with E-state index in [1.165, 1.54) is 19.2 Å². The number of Topliss-reactive ketones (excluding diaryl/α,β-unsaturated/α-hetero) is 1. The summed E-state index contributed by atoms with van der Waals surface area (Å²) in [6.07, 6.45) is 2.78. The fraction of sp³-hybridized carbons (Fsp3) is 0.679. The molecule has 1 aliphatic heterocycles. The number of carbonyl (C=O) groups is 9. The Morgan fingerprint density at radius 2 is 1.55 bits per heavy atom. The summed E-state index contributed by atoms with van der Waals surface area (Å²) in [6, 6.07) is 2.69. The molecule has 0 aliphatic carbocycles. The highest BCUT2D eigenvalue weighted by Gasteiger charge is 2.44. The molecular weight excluding hydrogens is 1020 g/mol. The third-order valence-electron chi connectivity index (χ3n) is 15.1. The first-order valence-corrected chi connectivity index (χ1v) is 28.5. The summed E-state index contributed by atoms with van der Waals surface area (Å²) in [5.41, 5.74) is 6.09. The van der Waals surface area contributed by atoms with Crippen LogP contribution in [0.15, 0.2) is 29.6 Å². The van der Waals surface area contributed by atoms with Crippen molar-refractivity contribution in [3.63, 3.8) is 0 Å². The van der Waals surface area contributed by atoms with E-state index in [1.807, 2.05) is 41.7 Å². The zero-order valence-corrected chi connectivity index (χ0v) is 49.1. The fourth-order valence-corrected chi connectivity index (χ4v) is 10.5. The van der Waals surface area contributed by atoms with Gasteiger partial charge in [0.1, 0.15) is 28.8 Å². The lowest BCUT2D eigenvalue weighted by Crippen LogP contribution is -2.57. The van der Waals surface area contributed by atoms with Gasteiger partial charge in [-0.15, -0.1) is 11.3 Å². The number of ketones is 1. The number of anilines is 1. The highest BCUT2D eigenvalue weighted by Crippen LogP contribution is 2.35. The quantitative estimate of drug-likeness (QED) is 0.0415. The highest BCUT2D eigenvalue weighted by molar-refractivity contribution is 7.09. The Morgan fingerprint density at radius 3 is 2.10 bits per heavy atom. The molecule has 9 N–H and O–H groups in total. The average molecular weight is 1110 g/mol. The smallest absolute Gasteiger partial charge is 0.407 e. The lowest BCUT2D eigenvalue weighted by atomic mass is 9.80. The number of nitrogens with zero attached hydrogens (tertiary/aromatic N) is 3. The van der Waals surface area contributed by atoms with Gasteiger partial charge in [-0.2, -0.15) is 0 Å². The number of benzene rings is 1. The summed E-state index contributed by atoms with van der Waals surface area (Å²) in [6.45, 7) is 21.0. The van der Waals surface area contributed by atoms with Crippen LogP contribution in [-0.4, -0.2) is 143 Å². The van der Waals surface area contributed by atoms with Crippen molar-refractivity contribution in [1.29, 1.82) is 0 Å². The molecule has 1 saturated heterocycles. The number of alkyl carbamates (subject to hydrolysis) is 1. The molecule has 3 rings (SSSR count). The molecule has 1 aromatic heterocycles. The van der Waals surface area contributed by atoms with Crippen LogP contribution in [0.2, 0.25) is 0 Å². The minimum atomic E-state index is -1.05. The zero-order valence-electron chi connectivity index (χ0n) is 48.3. The van der Waals surface area contributed by atoms with Crippen molar-refractivity contribution < 1.29 is 53.0 Å². The molecule has 7 amide bonds. The molecule has 2 heterocycles. The maximum absolute atomic E-state index is 14.5. The number of carboxylic acids is 1. The number of hydrogen-bond acceptors (Lipinski definition) is 14. The number of ether oxygens (including phenoxy) is 1. The average Bonchev–Trinajstić information content (AvgIpc) is 4.02. The number of unbranched alkanes of at least 4 members (excludes halogenated alkanes) is 1. The van der Waals surface area contributed by atoms with Crippen LogP contribution in [0.3, 0.4) is 0 Å². The second-order valence-electron chi connectivity index (χ2n) is 21.9. The Balaban J connectivity index is 1.78. The van der Waals surface area contributed by atoms with Gasteiger partial charge in [0.15, 0.2) is 11.9 Å². The number of carboxylic acid groups (broad SMARTS) is 1. The molecule has 21 nitrogen and oxygen atoms in total. The molecule has 78 heavy (non-hydrogen) atoms. The summed E-state index contributed by atoms with van der Waals surface area (Å²) < 4.78 is 5.96. The minimum absolute atomic E-state index is 0.0209. The van der Waals surface area contributed by atoms with E-state index >= 15 is 0 Å². The molecule has 22 heteroatoms. The first-order chi connectivity index (χ1) is 36.7. The van der Waals surface area contributed by atoms with Crippen LogP contribution in [0, 0.1) is 29.6 Å². The molecule has 0 radical (unpaired) electrons. The van der Waals surface area contributed by atoms with Crippen molar-refractivity contribution in [3.05, 3.63) is 45.9 Å². The Hall–Kier alpha value is -6.00. The van der Waals surface area contributed by atoms with Crippen molar-refractivity contribution in [1.82, 2.24) is 41.4 Å². The number of nitrogens with two attached hydrogens (primary N) is 1. The van der Waals surface area contributed by atoms with Crippen LogP contribution in [0.4, 0.5) is 10.5 Å². The van der Waals surface area contributed by atoms with Crippen molar-refractivity contribution in [2.75, 3.05) is 39.0 Å². The predicted molar refractivity (Wildman–Crippen MR) is 300 cm³/mol. The van der Waals surface area contributed by atoms with E-state index in [4.69, 9.17) is 10.5 Å². The van der Waals surface area contributed by atoms with E-state index in [0.29, 0.717) is 48.5 Å². The molecule has 0 saturated carbocycles. The molecule has 436 valence electrons. The van der Waals surface area contributed by atoms with Crippen LogP contribution < -0.4 is 37.6 Å². The summed E-state index contributed by atoms with van der Waals surface area (Å²) in [7, 11) is 3.67. The largest absolute Gasteiger partial charge is 0.481 e.